The van der Waals surface area contributed by atoms with Gasteiger partial charge in [0.25, 0.3) is 0 Å². The first-order valence-corrected chi connectivity index (χ1v) is 7.70. The van der Waals surface area contributed by atoms with Crippen LogP contribution in [0.1, 0.15) is 5.56 Å². The Bertz CT molecular complexity index is 745. The highest BCUT2D eigenvalue weighted by molar-refractivity contribution is 6.30. The molecule has 3 rings (SSSR count). The van der Waals surface area contributed by atoms with Crippen molar-refractivity contribution in [2.75, 3.05) is 18.4 Å². The Labute approximate surface area is 146 Å². The van der Waals surface area contributed by atoms with E-state index < -0.39 is 11.7 Å². The molecule has 5 nitrogen and oxygen atoms in total. The number of nitrogens with one attached hydrogen (secondary N) is 1. The third-order valence-electron chi connectivity index (χ3n) is 3.58. The van der Waals surface area contributed by atoms with Crippen molar-refractivity contribution < 1.29 is 22.7 Å². The van der Waals surface area contributed by atoms with E-state index in [-0.39, 0.29) is 18.0 Å². The standard InChI is InChI=1S/C16H13ClF3N3O2/c17-11-2-4-12(5-3-11)22-15(24)23-8-13(9-23)25-14-6-1-10(7-21-14)16(18,19)20/h1-7,13H,8-9H2,(H,22,24). The summed E-state index contributed by atoms with van der Waals surface area (Å²) >= 11 is 5.77. The number of carbonyl (C=O) groups is 1. The molecular formula is C16H13ClF3N3O2. The zero-order valence-corrected chi connectivity index (χ0v) is 13.5. The van der Waals surface area contributed by atoms with E-state index in [1.807, 2.05) is 0 Å². The zero-order valence-electron chi connectivity index (χ0n) is 12.8. The van der Waals surface area contributed by atoms with E-state index in [9.17, 15) is 18.0 Å². The number of amides is 2. The van der Waals surface area contributed by atoms with Crippen molar-refractivity contribution in [3.63, 3.8) is 0 Å². The second-order valence-corrected chi connectivity index (χ2v) is 5.90. The highest BCUT2D eigenvalue weighted by Crippen LogP contribution is 2.29. The number of urea groups is 1. The fourth-order valence-electron chi connectivity index (χ4n) is 2.20. The zero-order chi connectivity index (χ0) is 18.0. The van der Waals surface area contributed by atoms with Crippen LogP contribution in [0.25, 0.3) is 0 Å². The first-order valence-electron chi connectivity index (χ1n) is 7.32. The number of hydrogen-bond acceptors (Lipinski definition) is 3. The number of anilines is 1. The van der Waals surface area contributed by atoms with Crippen molar-refractivity contribution in [2.24, 2.45) is 0 Å². The van der Waals surface area contributed by atoms with Gasteiger partial charge >= 0.3 is 12.2 Å². The summed E-state index contributed by atoms with van der Waals surface area (Å²) in [5.41, 5.74) is -0.222. The molecule has 1 fully saturated rings. The molecule has 1 aliphatic rings. The lowest BCUT2D eigenvalue weighted by molar-refractivity contribution is -0.137. The second-order valence-electron chi connectivity index (χ2n) is 5.46. The number of hydrogen-bond donors (Lipinski definition) is 1. The summed E-state index contributed by atoms with van der Waals surface area (Å²) in [4.78, 5) is 17.2. The highest BCUT2D eigenvalue weighted by Gasteiger charge is 2.33. The minimum atomic E-state index is -4.43. The van der Waals surface area contributed by atoms with Gasteiger partial charge in [-0.15, -0.1) is 0 Å². The number of halogens is 4. The maximum Gasteiger partial charge on any atom is 0.417 e. The molecule has 0 atom stereocenters. The smallest absolute Gasteiger partial charge is 0.417 e. The third kappa shape index (κ3) is 4.33. The number of ether oxygens (including phenoxy) is 1. The SMILES string of the molecule is O=C(Nc1ccc(Cl)cc1)N1CC(Oc2ccc(C(F)(F)F)cn2)C1. The van der Waals surface area contributed by atoms with Gasteiger partial charge in [0.1, 0.15) is 6.10 Å². The summed E-state index contributed by atoms with van der Waals surface area (Å²) in [5, 5.41) is 3.28. The van der Waals surface area contributed by atoms with Crippen molar-refractivity contribution in [1.29, 1.82) is 0 Å². The van der Waals surface area contributed by atoms with Crippen LogP contribution in [0.5, 0.6) is 5.88 Å². The Hall–Kier alpha value is -2.48. The van der Waals surface area contributed by atoms with E-state index >= 15 is 0 Å². The van der Waals surface area contributed by atoms with Gasteiger partial charge in [0.2, 0.25) is 5.88 Å². The summed E-state index contributed by atoms with van der Waals surface area (Å²) in [6, 6.07) is 8.47. The number of carbonyl (C=O) groups excluding carboxylic acids is 1. The molecule has 1 aliphatic heterocycles. The molecule has 2 heterocycles. The lowest BCUT2D eigenvalue weighted by Gasteiger charge is -2.38. The maximum atomic E-state index is 12.5. The summed E-state index contributed by atoms with van der Waals surface area (Å²) in [6.07, 6.45) is -4.02. The van der Waals surface area contributed by atoms with Crippen LogP contribution in [-0.2, 0) is 6.18 Å². The quantitative estimate of drug-likeness (QED) is 0.885. The van der Waals surface area contributed by atoms with Crippen LogP contribution in [-0.4, -0.2) is 35.1 Å². The third-order valence-corrected chi connectivity index (χ3v) is 3.83. The summed E-state index contributed by atoms with van der Waals surface area (Å²) < 4.78 is 42.8. The lowest BCUT2D eigenvalue weighted by Crippen LogP contribution is -2.57. The van der Waals surface area contributed by atoms with Gasteiger partial charge < -0.3 is 15.0 Å². The summed E-state index contributed by atoms with van der Waals surface area (Å²) in [5.74, 6) is 0.0933. The van der Waals surface area contributed by atoms with Crippen LogP contribution in [0.3, 0.4) is 0 Å². The van der Waals surface area contributed by atoms with Crippen molar-refractivity contribution in [3.05, 3.63) is 53.2 Å². The van der Waals surface area contributed by atoms with Gasteiger partial charge in [-0.05, 0) is 30.3 Å². The molecule has 0 unspecified atom stereocenters. The van der Waals surface area contributed by atoms with Gasteiger partial charge in [-0.2, -0.15) is 13.2 Å². The van der Waals surface area contributed by atoms with E-state index in [1.165, 1.54) is 11.0 Å². The minimum Gasteiger partial charge on any atom is -0.471 e. The molecule has 0 bridgehead atoms. The molecule has 132 valence electrons. The van der Waals surface area contributed by atoms with Gasteiger partial charge in [-0.3, -0.25) is 0 Å². The fraction of sp³-hybridized carbons (Fsp3) is 0.250. The van der Waals surface area contributed by atoms with E-state index in [4.69, 9.17) is 16.3 Å². The normalized spacial score (nSPS) is 14.8. The average molecular weight is 372 g/mol. The molecule has 1 aromatic heterocycles. The topological polar surface area (TPSA) is 54.5 Å². The molecule has 9 heteroatoms. The van der Waals surface area contributed by atoms with Crippen molar-refractivity contribution in [1.82, 2.24) is 9.88 Å². The fourth-order valence-corrected chi connectivity index (χ4v) is 2.33. The van der Waals surface area contributed by atoms with Crippen LogP contribution < -0.4 is 10.1 Å². The maximum absolute atomic E-state index is 12.5. The predicted octanol–water partition coefficient (Wildman–Crippen LogP) is 4.05. The van der Waals surface area contributed by atoms with Gasteiger partial charge in [0, 0.05) is 23.0 Å². The molecule has 25 heavy (non-hydrogen) atoms. The molecule has 1 N–H and O–H groups in total. The molecule has 0 spiro atoms. The van der Waals surface area contributed by atoms with E-state index in [0.717, 1.165) is 12.3 Å². The van der Waals surface area contributed by atoms with E-state index in [0.29, 0.717) is 23.8 Å². The number of likely N-dealkylation sites (tertiary alicyclic amines) is 1. The predicted molar refractivity (Wildman–Crippen MR) is 85.7 cm³/mol. The number of nitrogens with zero attached hydrogens (tertiary/aromatic N) is 2. The van der Waals surface area contributed by atoms with Crippen LogP contribution in [0, 0.1) is 0 Å². The lowest BCUT2D eigenvalue weighted by atomic mass is 10.2. The van der Waals surface area contributed by atoms with Gasteiger partial charge in [0.15, 0.2) is 0 Å². The second kappa shape index (κ2) is 6.79. The number of aromatic nitrogens is 1. The number of alkyl halides is 3. The van der Waals surface area contributed by atoms with Crippen molar-refractivity contribution >= 4 is 23.3 Å². The number of rotatable bonds is 3. The average Bonchev–Trinajstić information content (AvgIpc) is 2.52. The van der Waals surface area contributed by atoms with Gasteiger partial charge in [-0.1, -0.05) is 11.6 Å². The first-order chi connectivity index (χ1) is 11.8. The Kier molecular flexibility index (Phi) is 4.71. The van der Waals surface area contributed by atoms with Crippen LogP contribution in [0.2, 0.25) is 5.02 Å². The number of pyridine rings is 1. The summed E-state index contributed by atoms with van der Waals surface area (Å²) in [7, 11) is 0. The largest absolute Gasteiger partial charge is 0.471 e. The van der Waals surface area contributed by atoms with E-state index in [1.54, 1.807) is 24.3 Å². The molecule has 2 aromatic rings. The van der Waals surface area contributed by atoms with Gasteiger partial charge in [0.05, 0.1) is 18.7 Å². The van der Waals surface area contributed by atoms with Crippen LogP contribution in [0.15, 0.2) is 42.6 Å². The minimum absolute atomic E-state index is 0.0933. The molecule has 0 aliphatic carbocycles. The van der Waals surface area contributed by atoms with Crippen molar-refractivity contribution in [3.8, 4) is 5.88 Å². The Morgan fingerprint density at radius 2 is 1.88 bits per heavy atom. The molecule has 0 radical (unpaired) electrons. The van der Waals surface area contributed by atoms with Crippen LogP contribution >= 0.6 is 11.6 Å². The molecule has 2 amide bonds. The van der Waals surface area contributed by atoms with Gasteiger partial charge in [-0.25, -0.2) is 9.78 Å². The Morgan fingerprint density at radius 1 is 1.20 bits per heavy atom. The summed E-state index contributed by atoms with van der Waals surface area (Å²) in [6.45, 7) is 0.643. The van der Waals surface area contributed by atoms with Crippen LogP contribution in [0.4, 0.5) is 23.7 Å². The Balaban J connectivity index is 1.47. The molecule has 1 aromatic carbocycles. The first kappa shape index (κ1) is 17.3. The molecule has 0 saturated carbocycles. The Morgan fingerprint density at radius 3 is 2.44 bits per heavy atom. The molecule has 1 saturated heterocycles. The number of benzene rings is 1. The monoisotopic (exact) mass is 371 g/mol. The molecular weight excluding hydrogens is 359 g/mol. The van der Waals surface area contributed by atoms with E-state index in [2.05, 4.69) is 10.3 Å². The van der Waals surface area contributed by atoms with Crippen molar-refractivity contribution in [2.45, 2.75) is 12.3 Å². The highest BCUT2D eigenvalue weighted by atomic mass is 35.5.